The van der Waals surface area contributed by atoms with Crippen molar-refractivity contribution in [1.82, 2.24) is 0 Å². The number of rotatable bonds is 2. The van der Waals surface area contributed by atoms with E-state index in [0.29, 0.717) is 4.91 Å². The van der Waals surface area contributed by atoms with Crippen LogP contribution in [0.25, 0.3) is 0 Å². The molecule has 0 aliphatic rings. The quantitative estimate of drug-likeness (QED) is 0.721. The topological polar surface area (TPSA) is 23.8 Å². The van der Waals surface area contributed by atoms with Crippen LogP contribution < -0.4 is 0 Å². The monoisotopic (exact) mass is 281 g/mol. The number of allylic oxidation sites excluding steroid dienone is 2. The largest absolute Gasteiger partial charge is 0.192 e. The van der Waals surface area contributed by atoms with E-state index in [4.69, 9.17) is 5.26 Å². The summed E-state index contributed by atoms with van der Waals surface area (Å²) in [6, 6.07) is 2.05. The molecule has 54 valence electrons. The molecule has 0 amide bonds. The van der Waals surface area contributed by atoms with Gasteiger partial charge in [0.25, 0.3) is 0 Å². The molecule has 4 heteroatoms. The molecule has 0 aromatic carbocycles. The molecule has 10 heavy (non-hydrogen) atoms. The van der Waals surface area contributed by atoms with Gasteiger partial charge in [-0.2, -0.15) is 5.26 Å². The van der Waals surface area contributed by atoms with Crippen LogP contribution in [-0.2, 0) is 0 Å². The first-order valence-corrected chi connectivity index (χ1v) is 4.97. The third kappa shape index (κ3) is 4.15. The first kappa shape index (κ1) is 10.3. The minimum absolute atomic E-state index is 0.683. The maximum absolute atomic E-state index is 8.47. The predicted molar refractivity (Wildman–Crippen MR) is 52.9 cm³/mol. The zero-order chi connectivity index (χ0) is 7.98. The molecular formula is C6H5Br2NS. The van der Waals surface area contributed by atoms with Crippen LogP contribution >= 0.6 is 43.6 Å². The highest BCUT2D eigenvalue weighted by Gasteiger charge is 1.96. The van der Waals surface area contributed by atoms with Crippen molar-refractivity contribution in [3.63, 3.8) is 0 Å². The zero-order valence-corrected chi connectivity index (χ0v) is 9.25. The number of nitrogens with zero attached hydrogens (tertiary/aromatic N) is 1. The van der Waals surface area contributed by atoms with Crippen molar-refractivity contribution in [2.75, 3.05) is 0 Å². The van der Waals surface area contributed by atoms with Crippen LogP contribution in [0.2, 0.25) is 0 Å². The van der Waals surface area contributed by atoms with Crippen molar-refractivity contribution >= 4 is 43.6 Å². The van der Waals surface area contributed by atoms with E-state index in [-0.39, 0.29) is 0 Å². The average molecular weight is 283 g/mol. The minimum atomic E-state index is 0.683. The lowest BCUT2D eigenvalue weighted by atomic mass is 10.6. The summed E-state index contributed by atoms with van der Waals surface area (Å²) in [5.74, 6) is 0. The summed E-state index contributed by atoms with van der Waals surface area (Å²) in [6.07, 6.45) is 1.77. The fraction of sp³-hybridized carbons (Fsp3) is 0.167. The van der Waals surface area contributed by atoms with Crippen LogP contribution in [-0.4, -0.2) is 0 Å². The van der Waals surface area contributed by atoms with Gasteiger partial charge in [-0.3, -0.25) is 0 Å². The van der Waals surface area contributed by atoms with Crippen molar-refractivity contribution in [2.45, 2.75) is 6.92 Å². The Labute approximate surface area is 81.4 Å². The second-order valence-corrected chi connectivity index (χ2v) is 4.20. The third-order valence-electron chi connectivity index (χ3n) is 0.666. The molecular weight excluding hydrogens is 278 g/mol. The second-order valence-electron chi connectivity index (χ2n) is 1.28. The van der Waals surface area contributed by atoms with Crippen molar-refractivity contribution < 1.29 is 0 Å². The lowest BCUT2D eigenvalue weighted by molar-refractivity contribution is 1.52. The van der Waals surface area contributed by atoms with Crippen molar-refractivity contribution in [1.29, 1.82) is 5.26 Å². The van der Waals surface area contributed by atoms with Gasteiger partial charge in [-0.25, -0.2) is 0 Å². The Hall–Kier alpha value is 0.280. The molecule has 0 atom stereocenters. The standard InChI is InChI=1S/C6H5Br2NS/c1-2-5(4-9)10-6(8)3-7/h2-3H,1H3/b5-2-,6-3+. The van der Waals surface area contributed by atoms with Gasteiger partial charge in [0.05, 0.1) is 8.72 Å². The van der Waals surface area contributed by atoms with E-state index in [0.717, 1.165) is 3.81 Å². The normalized spacial score (nSPS) is 13.0. The Morgan fingerprint density at radius 1 is 1.70 bits per heavy atom. The Kier molecular flexibility index (Phi) is 6.19. The first-order valence-electron chi connectivity index (χ1n) is 2.44. The third-order valence-corrected chi connectivity index (χ3v) is 3.62. The maximum atomic E-state index is 8.47. The van der Waals surface area contributed by atoms with Gasteiger partial charge in [0.1, 0.15) is 6.07 Å². The van der Waals surface area contributed by atoms with Crippen molar-refractivity contribution in [3.05, 3.63) is 19.8 Å². The molecule has 0 radical (unpaired) electrons. The highest BCUT2D eigenvalue weighted by atomic mass is 79.9. The van der Waals surface area contributed by atoms with Gasteiger partial charge >= 0.3 is 0 Å². The van der Waals surface area contributed by atoms with Crippen LogP contribution in [0.4, 0.5) is 0 Å². The molecule has 0 aliphatic heterocycles. The molecule has 0 heterocycles. The predicted octanol–water partition coefficient (Wildman–Crippen LogP) is 3.74. The number of halogens is 2. The van der Waals surface area contributed by atoms with Gasteiger partial charge in [-0.05, 0) is 22.9 Å². The molecule has 0 rings (SSSR count). The van der Waals surface area contributed by atoms with Gasteiger partial charge in [0.15, 0.2) is 0 Å². The number of hydrogen-bond acceptors (Lipinski definition) is 2. The fourth-order valence-electron chi connectivity index (χ4n) is 0.274. The van der Waals surface area contributed by atoms with Gasteiger partial charge in [-0.15, -0.1) is 0 Å². The molecule has 0 unspecified atom stereocenters. The van der Waals surface area contributed by atoms with Gasteiger partial charge < -0.3 is 0 Å². The molecule has 0 saturated carbocycles. The summed E-state index contributed by atoms with van der Waals surface area (Å²) in [4.78, 5) is 2.40. The molecule has 0 fully saturated rings. The van der Waals surface area contributed by atoms with Gasteiger partial charge in [-0.1, -0.05) is 33.8 Å². The molecule has 0 aromatic rings. The number of thioether (sulfide) groups is 1. The molecule has 1 nitrogen and oxygen atoms in total. The highest BCUT2D eigenvalue weighted by molar-refractivity contribution is 9.15. The van der Waals surface area contributed by atoms with Crippen LogP contribution in [0, 0.1) is 11.3 Å². The summed E-state index contributed by atoms with van der Waals surface area (Å²) < 4.78 is 0.891. The SMILES string of the molecule is C/C=C(/C#N)S/C(Br)=C/Br. The van der Waals surface area contributed by atoms with E-state index in [9.17, 15) is 0 Å². The second kappa shape index (κ2) is 6.02. The zero-order valence-electron chi connectivity index (χ0n) is 5.27. The smallest absolute Gasteiger partial charge is 0.106 e. The van der Waals surface area contributed by atoms with Gasteiger partial charge in [0.2, 0.25) is 0 Å². The van der Waals surface area contributed by atoms with Crippen molar-refractivity contribution in [3.8, 4) is 6.07 Å². The fourth-order valence-corrected chi connectivity index (χ4v) is 1.50. The Bertz CT molecular complexity index is 202. The Balaban J connectivity index is 4.05. The van der Waals surface area contributed by atoms with Crippen molar-refractivity contribution in [2.24, 2.45) is 0 Å². The average Bonchev–Trinajstić information content (AvgIpc) is 1.99. The molecule has 0 N–H and O–H groups in total. The van der Waals surface area contributed by atoms with E-state index in [1.807, 2.05) is 13.0 Å². The Morgan fingerprint density at radius 2 is 2.30 bits per heavy atom. The summed E-state index contributed by atoms with van der Waals surface area (Å²) in [5, 5.41) is 8.47. The Morgan fingerprint density at radius 3 is 2.60 bits per heavy atom. The first-order chi connectivity index (χ1) is 4.74. The highest BCUT2D eigenvalue weighted by Crippen LogP contribution is 2.29. The van der Waals surface area contributed by atoms with E-state index < -0.39 is 0 Å². The summed E-state index contributed by atoms with van der Waals surface area (Å²) in [7, 11) is 0. The van der Waals surface area contributed by atoms with Crippen LogP contribution in [0.1, 0.15) is 6.92 Å². The molecule has 0 bridgehead atoms. The van der Waals surface area contributed by atoms with Crippen LogP contribution in [0.5, 0.6) is 0 Å². The number of nitriles is 1. The maximum Gasteiger partial charge on any atom is 0.106 e. The van der Waals surface area contributed by atoms with E-state index in [1.165, 1.54) is 11.8 Å². The van der Waals surface area contributed by atoms with Crippen LogP contribution in [0.3, 0.4) is 0 Å². The van der Waals surface area contributed by atoms with E-state index in [2.05, 4.69) is 31.9 Å². The van der Waals surface area contributed by atoms with E-state index >= 15 is 0 Å². The summed E-state index contributed by atoms with van der Waals surface area (Å²) in [5.41, 5.74) is 0. The van der Waals surface area contributed by atoms with Crippen LogP contribution in [0.15, 0.2) is 19.8 Å². The lowest BCUT2D eigenvalue weighted by Crippen LogP contribution is -1.66. The molecule has 0 spiro atoms. The number of hydrogen-bond donors (Lipinski definition) is 0. The van der Waals surface area contributed by atoms with Gasteiger partial charge in [0, 0.05) is 4.99 Å². The summed E-state index contributed by atoms with van der Waals surface area (Å²) >= 11 is 7.76. The minimum Gasteiger partial charge on any atom is -0.192 e. The molecule has 0 saturated heterocycles. The lowest BCUT2D eigenvalue weighted by Gasteiger charge is -1.92. The molecule has 0 aliphatic carbocycles. The summed E-state index contributed by atoms with van der Waals surface area (Å²) in [6.45, 7) is 1.83. The molecule has 0 aromatic heterocycles. The van der Waals surface area contributed by atoms with E-state index in [1.54, 1.807) is 11.1 Å².